The Balaban J connectivity index is 1.95. The van der Waals surface area contributed by atoms with Gasteiger partial charge in [0.05, 0.1) is 12.2 Å². The van der Waals surface area contributed by atoms with E-state index in [0.29, 0.717) is 12.2 Å². The fraction of sp³-hybridized carbons (Fsp3) is 0.200. The van der Waals surface area contributed by atoms with Crippen LogP contribution in [0.25, 0.3) is 11.8 Å². The third-order valence-electron chi connectivity index (χ3n) is 4.35. The lowest BCUT2D eigenvalue weighted by Gasteiger charge is -2.16. The van der Waals surface area contributed by atoms with Gasteiger partial charge in [-0.2, -0.15) is 0 Å². The number of rotatable bonds is 4. The van der Waals surface area contributed by atoms with Crippen LogP contribution in [0.4, 0.5) is 0 Å². The van der Waals surface area contributed by atoms with Gasteiger partial charge in [-0.15, -0.1) is 0 Å². The monoisotopic (exact) mass is 397 g/mol. The van der Waals surface area contributed by atoms with E-state index in [-0.39, 0.29) is 16.7 Å². The summed E-state index contributed by atoms with van der Waals surface area (Å²) in [7, 11) is 0. The molecule has 0 atom stereocenters. The van der Waals surface area contributed by atoms with Crippen LogP contribution in [0.2, 0.25) is 0 Å². The van der Waals surface area contributed by atoms with Gasteiger partial charge in [-0.05, 0) is 75.0 Å². The van der Waals surface area contributed by atoms with E-state index in [0.717, 1.165) is 22.6 Å². The molecular formula is C20H19N3O4S. The molecule has 3 rings (SSSR count). The number of amides is 2. The quantitative estimate of drug-likeness (QED) is 0.357. The number of hydrogen-bond acceptors (Lipinski definition) is 5. The van der Waals surface area contributed by atoms with E-state index in [1.165, 1.54) is 6.08 Å². The second-order valence-electron chi connectivity index (χ2n) is 6.22. The lowest BCUT2D eigenvalue weighted by Crippen LogP contribution is -2.51. The molecule has 2 N–H and O–H groups in total. The Morgan fingerprint density at radius 1 is 1.14 bits per heavy atom. The molecule has 0 spiro atoms. The van der Waals surface area contributed by atoms with Gasteiger partial charge in [-0.1, -0.05) is 0 Å². The molecule has 0 bridgehead atoms. The smallest absolute Gasteiger partial charge is 0.338 e. The van der Waals surface area contributed by atoms with Crippen molar-refractivity contribution < 1.29 is 19.1 Å². The molecule has 0 unspecified atom stereocenters. The second kappa shape index (κ2) is 7.77. The van der Waals surface area contributed by atoms with Crippen LogP contribution < -0.4 is 10.6 Å². The summed E-state index contributed by atoms with van der Waals surface area (Å²) in [4.78, 5) is 36.0. The zero-order chi connectivity index (χ0) is 20.4. The zero-order valence-corrected chi connectivity index (χ0v) is 16.5. The van der Waals surface area contributed by atoms with Crippen LogP contribution in [0, 0.1) is 13.8 Å². The average molecular weight is 397 g/mol. The Morgan fingerprint density at radius 3 is 2.32 bits per heavy atom. The average Bonchev–Trinajstić information content (AvgIpc) is 2.92. The number of esters is 1. The van der Waals surface area contributed by atoms with E-state index in [9.17, 15) is 14.4 Å². The highest BCUT2D eigenvalue weighted by Crippen LogP contribution is 2.23. The van der Waals surface area contributed by atoms with Crippen molar-refractivity contribution in [3.05, 3.63) is 58.4 Å². The SMILES string of the molecule is CCOC(=O)c1ccc(-n2c(C)cc(C=C3C(=O)NC(=S)NC3=O)c2C)cc1. The van der Waals surface area contributed by atoms with Crippen LogP contribution in [0.3, 0.4) is 0 Å². The van der Waals surface area contributed by atoms with Gasteiger partial charge in [-0.25, -0.2) is 4.79 Å². The number of benzene rings is 1. The Kier molecular flexibility index (Phi) is 5.41. The lowest BCUT2D eigenvalue weighted by atomic mass is 10.1. The maximum Gasteiger partial charge on any atom is 0.338 e. The van der Waals surface area contributed by atoms with E-state index in [2.05, 4.69) is 10.6 Å². The van der Waals surface area contributed by atoms with Gasteiger partial charge in [0.1, 0.15) is 5.57 Å². The molecule has 0 aliphatic carbocycles. The van der Waals surface area contributed by atoms with Crippen molar-refractivity contribution in [3.8, 4) is 5.69 Å². The highest BCUT2D eigenvalue weighted by atomic mass is 32.1. The van der Waals surface area contributed by atoms with E-state index in [1.54, 1.807) is 19.1 Å². The molecule has 1 aromatic heterocycles. The van der Waals surface area contributed by atoms with Crippen molar-refractivity contribution in [2.75, 3.05) is 6.61 Å². The largest absolute Gasteiger partial charge is 0.462 e. The Labute approximate surface area is 167 Å². The van der Waals surface area contributed by atoms with E-state index in [1.807, 2.05) is 36.6 Å². The molecule has 1 saturated heterocycles. The number of aryl methyl sites for hydroxylation is 1. The molecule has 0 radical (unpaired) electrons. The molecule has 2 aromatic rings. The number of carbonyl (C=O) groups is 3. The fourth-order valence-electron chi connectivity index (χ4n) is 3.05. The standard InChI is InChI=1S/C20H19N3O4S/c1-4-27-19(26)13-5-7-15(8-6-13)23-11(2)9-14(12(23)3)10-16-17(24)21-20(28)22-18(16)25/h5-10H,4H2,1-3H3,(H2,21,22,24,25,28). The van der Waals surface area contributed by atoms with Gasteiger partial charge < -0.3 is 9.30 Å². The second-order valence-corrected chi connectivity index (χ2v) is 6.63. The summed E-state index contributed by atoms with van der Waals surface area (Å²) >= 11 is 4.81. The molecule has 2 amide bonds. The molecule has 1 aliphatic heterocycles. The highest BCUT2D eigenvalue weighted by molar-refractivity contribution is 7.80. The Hall–Kier alpha value is -3.26. The van der Waals surface area contributed by atoms with E-state index < -0.39 is 11.8 Å². The summed E-state index contributed by atoms with van der Waals surface area (Å²) in [5.74, 6) is -1.43. The van der Waals surface area contributed by atoms with Gasteiger partial charge in [0.2, 0.25) is 0 Å². The van der Waals surface area contributed by atoms with Crippen molar-refractivity contribution >= 4 is 41.2 Å². The Bertz CT molecular complexity index is 997. The van der Waals surface area contributed by atoms with Crippen molar-refractivity contribution in [1.29, 1.82) is 0 Å². The summed E-state index contributed by atoms with van der Waals surface area (Å²) in [5.41, 5.74) is 3.82. The molecular weight excluding hydrogens is 378 g/mol. The summed E-state index contributed by atoms with van der Waals surface area (Å²) in [6.07, 6.45) is 1.54. The third-order valence-corrected chi connectivity index (χ3v) is 4.55. The number of aromatic nitrogens is 1. The highest BCUT2D eigenvalue weighted by Gasteiger charge is 2.26. The number of ether oxygens (including phenoxy) is 1. The zero-order valence-electron chi connectivity index (χ0n) is 15.7. The first-order valence-corrected chi connectivity index (χ1v) is 9.07. The maximum atomic E-state index is 12.1. The number of carbonyl (C=O) groups excluding carboxylic acids is 3. The fourth-order valence-corrected chi connectivity index (χ4v) is 3.24. The first-order chi connectivity index (χ1) is 13.3. The van der Waals surface area contributed by atoms with Crippen LogP contribution in [0.1, 0.15) is 34.2 Å². The molecule has 1 fully saturated rings. The van der Waals surface area contributed by atoms with Gasteiger partial charge in [0.25, 0.3) is 11.8 Å². The summed E-state index contributed by atoms with van der Waals surface area (Å²) in [5, 5.41) is 4.84. The van der Waals surface area contributed by atoms with Crippen molar-refractivity contribution in [3.63, 3.8) is 0 Å². The van der Waals surface area contributed by atoms with Gasteiger partial charge in [0, 0.05) is 17.1 Å². The summed E-state index contributed by atoms with van der Waals surface area (Å²) in [6, 6.07) is 8.93. The molecule has 0 saturated carbocycles. The summed E-state index contributed by atoms with van der Waals surface area (Å²) < 4.78 is 6.98. The predicted octanol–water partition coefficient (Wildman–Crippen LogP) is 2.19. The van der Waals surface area contributed by atoms with Crippen LogP contribution in [-0.4, -0.2) is 34.1 Å². The molecule has 1 aliphatic rings. The molecule has 8 heteroatoms. The normalized spacial score (nSPS) is 13.8. The molecule has 2 heterocycles. The molecule has 28 heavy (non-hydrogen) atoms. The minimum absolute atomic E-state index is 0.000637. The predicted molar refractivity (Wildman–Crippen MR) is 108 cm³/mol. The molecule has 1 aromatic carbocycles. The van der Waals surface area contributed by atoms with Crippen LogP contribution >= 0.6 is 12.2 Å². The van der Waals surface area contributed by atoms with Gasteiger partial charge in [0.15, 0.2) is 5.11 Å². The number of thiocarbonyl (C=S) groups is 1. The molecule has 7 nitrogen and oxygen atoms in total. The van der Waals surface area contributed by atoms with Crippen LogP contribution in [-0.2, 0) is 14.3 Å². The van der Waals surface area contributed by atoms with Crippen molar-refractivity contribution in [2.45, 2.75) is 20.8 Å². The summed E-state index contributed by atoms with van der Waals surface area (Å²) in [6.45, 7) is 5.89. The third kappa shape index (κ3) is 3.72. The van der Waals surface area contributed by atoms with E-state index in [4.69, 9.17) is 17.0 Å². The first-order valence-electron chi connectivity index (χ1n) is 8.66. The number of nitrogens with zero attached hydrogens (tertiary/aromatic N) is 1. The first kappa shape index (κ1) is 19.5. The molecule has 144 valence electrons. The number of hydrogen-bond donors (Lipinski definition) is 2. The van der Waals surface area contributed by atoms with Crippen LogP contribution in [0.15, 0.2) is 35.9 Å². The van der Waals surface area contributed by atoms with E-state index >= 15 is 0 Å². The minimum atomic E-state index is -0.530. The minimum Gasteiger partial charge on any atom is -0.462 e. The van der Waals surface area contributed by atoms with Crippen molar-refractivity contribution in [2.24, 2.45) is 0 Å². The number of nitrogens with one attached hydrogen (secondary N) is 2. The van der Waals surface area contributed by atoms with Gasteiger partial charge in [-0.3, -0.25) is 20.2 Å². The lowest BCUT2D eigenvalue weighted by molar-refractivity contribution is -0.123. The van der Waals surface area contributed by atoms with Gasteiger partial charge >= 0.3 is 5.97 Å². The van der Waals surface area contributed by atoms with Crippen LogP contribution in [0.5, 0.6) is 0 Å². The topological polar surface area (TPSA) is 89.4 Å². The maximum absolute atomic E-state index is 12.1. The Morgan fingerprint density at radius 2 is 1.75 bits per heavy atom. The van der Waals surface area contributed by atoms with Crippen molar-refractivity contribution in [1.82, 2.24) is 15.2 Å².